The van der Waals surface area contributed by atoms with Crippen LogP contribution < -0.4 is 4.90 Å². The Labute approximate surface area is 140 Å². The van der Waals surface area contributed by atoms with Gasteiger partial charge in [0.25, 0.3) is 0 Å². The van der Waals surface area contributed by atoms with Gasteiger partial charge in [0.15, 0.2) is 11.6 Å². The van der Waals surface area contributed by atoms with E-state index in [-0.39, 0.29) is 12.1 Å². The highest BCUT2D eigenvalue weighted by Crippen LogP contribution is 2.39. The van der Waals surface area contributed by atoms with Crippen molar-refractivity contribution in [3.05, 3.63) is 36.6 Å². The van der Waals surface area contributed by atoms with Crippen LogP contribution in [-0.4, -0.2) is 40.3 Å². The molecule has 8 nitrogen and oxygen atoms in total. The summed E-state index contributed by atoms with van der Waals surface area (Å²) < 4.78 is 3.88. The topological polar surface area (TPSA) is 77.5 Å². The summed E-state index contributed by atoms with van der Waals surface area (Å²) in [6, 6.07) is 0.425. The van der Waals surface area contributed by atoms with Crippen molar-refractivity contribution in [1.29, 1.82) is 0 Å². The number of aromatic nitrogens is 7. The molecule has 0 spiro atoms. The molecule has 0 fully saturated rings. The lowest BCUT2D eigenvalue weighted by Gasteiger charge is -2.39. The molecule has 0 aliphatic carbocycles. The van der Waals surface area contributed by atoms with Gasteiger partial charge in [0.1, 0.15) is 17.8 Å². The number of imidazole rings is 1. The quantitative estimate of drug-likeness (QED) is 0.735. The summed E-state index contributed by atoms with van der Waals surface area (Å²) in [4.78, 5) is 15.7. The Morgan fingerprint density at radius 1 is 1.25 bits per heavy atom. The fourth-order valence-electron chi connectivity index (χ4n) is 3.35. The fraction of sp³-hybridized carbons (Fsp3) is 0.438. The molecule has 4 rings (SSSR count). The normalized spacial score (nSPS) is 16.4. The van der Waals surface area contributed by atoms with E-state index < -0.39 is 0 Å². The van der Waals surface area contributed by atoms with Gasteiger partial charge in [-0.2, -0.15) is 4.98 Å². The predicted molar refractivity (Wildman–Crippen MR) is 89.5 cm³/mol. The summed E-state index contributed by atoms with van der Waals surface area (Å²) in [6.07, 6.45) is 8.05. The average Bonchev–Trinajstić information content (AvgIpc) is 3.23. The highest BCUT2D eigenvalue weighted by Gasteiger charge is 2.36. The molecule has 4 heterocycles. The lowest BCUT2D eigenvalue weighted by atomic mass is 10.1. The smallest absolute Gasteiger partial charge is 0.236 e. The predicted octanol–water partition coefficient (Wildman–Crippen LogP) is 2.23. The summed E-state index contributed by atoms with van der Waals surface area (Å²) in [7, 11) is 0. The van der Waals surface area contributed by atoms with Gasteiger partial charge in [-0.3, -0.25) is 9.13 Å². The fourth-order valence-corrected chi connectivity index (χ4v) is 3.35. The first kappa shape index (κ1) is 14.8. The van der Waals surface area contributed by atoms with Gasteiger partial charge >= 0.3 is 0 Å². The molecular weight excluding hydrogens is 304 g/mol. The molecule has 3 aromatic heterocycles. The van der Waals surface area contributed by atoms with Gasteiger partial charge in [-0.25, -0.2) is 9.97 Å². The van der Waals surface area contributed by atoms with E-state index in [1.54, 1.807) is 12.5 Å². The van der Waals surface area contributed by atoms with Crippen molar-refractivity contribution < 1.29 is 0 Å². The molecule has 0 unspecified atom stereocenters. The Morgan fingerprint density at radius 2 is 2.08 bits per heavy atom. The van der Waals surface area contributed by atoms with Crippen molar-refractivity contribution in [1.82, 2.24) is 34.3 Å². The zero-order valence-corrected chi connectivity index (χ0v) is 14.2. The molecule has 3 aromatic rings. The number of hydrogen-bond donors (Lipinski definition) is 0. The molecule has 0 amide bonds. The monoisotopic (exact) mass is 324 g/mol. The maximum atomic E-state index is 4.84. The average molecular weight is 324 g/mol. The summed E-state index contributed by atoms with van der Waals surface area (Å²) in [5.41, 5.74) is 0.926. The maximum Gasteiger partial charge on any atom is 0.236 e. The van der Waals surface area contributed by atoms with E-state index in [9.17, 15) is 0 Å². The third-order valence-electron chi connectivity index (χ3n) is 4.38. The second-order valence-electron chi connectivity index (χ2n) is 6.21. The van der Waals surface area contributed by atoms with E-state index in [1.807, 2.05) is 23.9 Å². The number of aryl methyl sites for hydroxylation is 1. The Kier molecular flexibility index (Phi) is 3.33. The van der Waals surface area contributed by atoms with E-state index in [2.05, 4.69) is 50.4 Å². The van der Waals surface area contributed by atoms with Gasteiger partial charge < -0.3 is 4.90 Å². The Balaban J connectivity index is 1.97. The van der Waals surface area contributed by atoms with Gasteiger partial charge in [0.05, 0.1) is 12.2 Å². The van der Waals surface area contributed by atoms with E-state index >= 15 is 0 Å². The molecule has 0 radical (unpaired) electrons. The SMILES string of the molecule is CC[C@@H]1c2nnc(C)n2-c2cnc(-n3ccnc3)nc2N1C(C)C. The minimum absolute atomic E-state index is 0.143. The van der Waals surface area contributed by atoms with Crippen molar-refractivity contribution in [3.8, 4) is 11.6 Å². The summed E-state index contributed by atoms with van der Waals surface area (Å²) in [6.45, 7) is 8.47. The van der Waals surface area contributed by atoms with Crippen LogP contribution in [-0.2, 0) is 0 Å². The Hall–Kier alpha value is -2.77. The minimum atomic E-state index is 0.143. The van der Waals surface area contributed by atoms with E-state index in [0.717, 1.165) is 29.6 Å². The van der Waals surface area contributed by atoms with Crippen molar-refractivity contribution in [2.75, 3.05) is 4.90 Å². The second-order valence-corrected chi connectivity index (χ2v) is 6.21. The lowest BCUT2D eigenvalue weighted by molar-refractivity contribution is 0.496. The van der Waals surface area contributed by atoms with Gasteiger partial charge in [-0.1, -0.05) is 6.92 Å². The van der Waals surface area contributed by atoms with Crippen molar-refractivity contribution in [2.45, 2.75) is 46.2 Å². The van der Waals surface area contributed by atoms with Crippen LogP contribution in [0.4, 0.5) is 5.82 Å². The molecular formula is C16H20N8. The second kappa shape index (κ2) is 5.40. The molecule has 1 atom stereocenters. The third-order valence-corrected chi connectivity index (χ3v) is 4.38. The molecule has 0 N–H and O–H groups in total. The van der Waals surface area contributed by atoms with Crippen LogP contribution in [0.25, 0.3) is 11.6 Å². The van der Waals surface area contributed by atoms with Gasteiger partial charge in [0, 0.05) is 18.4 Å². The zero-order chi connectivity index (χ0) is 16.8. The van der Waals surface area contributed by atoms with Gasteiger partial charge in [-0.15, -0.1) is 10.2 Å². The van der Waals surface area contributed by atoms with Crippen LogP contribution in [0.2, 0.25) is 0 Å². The lowest BCUT2D eigenvalue weighted by Crippen LogP contribution is -2.40. The van der Waals surface area contributed by atoms with Gasteiger partial charge in [-0.05, 0) is 27.2 Å². The van der Waals surface area contributed by atoms with Crippen LogP contribution in [0.5, 0.6) is 0 Å². The molecule has 0 saturated carbocycles. The summed E-state index contributed by atoms with van der Waals surface area (Å²) in [5.74, 6) is 3.33. The van der Waals surface area contributed by atoms with Crippen LogP contribution >= 0.6 is 0 Å². The maximum absolute atomic E-state index is 4.84. The van der Waals surface area contributed by atoms with Gasteiger partial charge in [0.2, 0.25) is 5.95 Å². The van der Waals surface area contributed by atoms with E-state index in [1.165, 1.54) is 0 Å². The van der Waals surface area contributed by atoms with E-state index in [0.29, 0.717) is 5.95 Å². The first-order valence-electron chi connectivity index (χ1n) is 8.17. The van der Waals surface area contributed by atoms with Crippen molar-refractivity contribution >= 4 is 5.82 Å². The number of hydrogen-bond acceptors (Lipinski definition) is 6. The zero-order valence-electron chi connectivity index (χ0n) is 14.2. The molecule has 0 aromatic carbocycles. The van der Waals surface area contributed by atoms with Crippen LogP contribution in [0.3, 0.4) is 0 Å². The molecule has 1 aliphatic rings. The molecule has 0 bridgehead atoms. The number of rotatable bonds is 3. The summed E-state index contributed by atoms with van der Waals surface area (Å²) in [5, 5.41) is 8.69. The summed E-state index contributed by atoms with van der Waals surface area (Å²) >= 11 is 0. The minimum Gasteiger partial charge on any atom is -0.342 e. The largest absolute Gasteiger partial charge is 0.342 e. The molecule has 1 aliphatic heterocycles. The number of anilines is 1. The Bertz CT molecular complexity index is 864. The first-order valence-corrected chi connectivity index (χ1v) is 8.17. The van der Waals surface area contributed by atoms with Crippen LogP contribution in [0, 0.1) is 6.92 Å². The highest BCUT2D eigenvalue weighted by atomic mass is 15.4. The first-order chi connectivity index (χ1) is 11.6. The van der Waals surface area contributed by atoms with E-state index in [4.69, 9.17) is 4.98 Å². The number of fused-ring (bicyclic) bond motifs is 3. The molecule has 8 heteroatoms. The number of nitrogens with zero attached hydrogens (tertiary/aromatic N) is 8. The third kappa shape index (κ3) is 2.02. The Morgan fingerprint density at radius 3 is 2.75 bits per heavy atom. The molecule has 0 saturated heterocycles. The van der Waals surface area contributed by atoms with Crippen LogP contribution in [0.1, 0.15) is 44.9 Å². The highest BCUT2D eigenvalue weighted by molar-refractivity contribution is 5.63. The van der Waals surface area contributed by atoms with Crippen molar-refractivity contribution in [2.24, 2.45) is 0 Å². The molecule has 24 heavy (non-hydrogen) atoms. The molecule has 124 valence electrons. The van der Waals surface area contributed by atoms with Crippen molar-refractivity contribution in [3.63, 3.8) is 0 Å². The van der Waals surface area contributed by atoms with Crippen LogP contribution in [0.15, 0.2) is 24.9 Å². The standard InChI is InChI=1S/C16H20N8/c1-5-12-15-21-20-11(4)24(15)13-8-18-16(22-7-6-17-9-22)19-14(13)23(12)10(2)3/h6-10,12H,5H2,1-4H3/t12-/m1/s1.